The number of ether oxygens (including phenoxy) is 4. The van der Waals surface area contributed by atoms with Gasteiger partial charge in [0.15, 0.2) is 0 Å². The quantitative estimate of drug-likeness (QED) is 0.168. The van der Waals surface area contributed by atoms with Gasteiger partial charge in [-0.15, -0.1) is 0 Å². The molecule has 0 radical (unpaired) electrons. The summed E-state index contributed by atoms with van der Waals surface area (Å²) in [6.07, 6.45) is 1.74. The molecule has 3 rings (SSSR count). The fourth-order valence-corrected chi connectivity index (χ4v) is 3.31. The highest BCUT2D eigenvalue weighted by Gasteiger charge is 2.14. The monoisotopic (exact) mass is 482 g/mol. The van der Waals surface area contributed by atoms with Crippen LogP contribution >= 0.6 is 15.9 Å². The lowest BCUT2D eigenvalue weighted by molar-refractivity contribution is -0.133. The molecular formula is C25H23BrO5. The molecule has 31 heavy (non-hydrogen) atoms. The Hall–Kier alpha value is -3.25. The van der Waals surface area contributed by atoms with Gasteiger partial charge in [-0.2, -0.15) is 0 Å². The van der Waals surface area contributed by atoms with E-state index < -0.39 is 5.97 Å². The Kier molecular flexibility index (Phi) is 7.73. The summed E-state index contributed by atoms with van der Waals surface area (Å²) in [5.41, 5.74) is 3.04. The van der Waals surface area contributed by atoms with Crippen LogP contribution in [0.5, 0.6) is 23.0 Å². The normalized spacial score (nSPS) is 11.0. The van der Waals surface area contributed by atoms with E-state index in [1.807, 2.05) is 60.7 Å². The molecule has 160 valence electrons. The number of halogens is 1. The highest BCUT2D eigenvalue weighted by molar-refractivity contribution is 9.08. The van der Waals surface area contributed by atoms with Crippen molar-refractivity contribution in [2.24, 2.45) is 0 Å². The molecule has 0 fully saturated rings. The molecule has 0 atom stereocenters. The maximum atomic E-state index is 12.5. The van der Waals surface area contributed by atoms with Crippen molar-refractivity contribution >= 4 is 33.5 Å². The first-order chi connectivity index (χ1) is 15.1. The van der Waals surface area contributed by atoms with Gasteiger partial charge in [0, 0.05) is 11.4 Å². The minimum absolute atomic E-state index is 0.408. The van der Waals surface area contributed by atoms with Crippen LogP contribution in [0.1, 0.15) is 16.7 Å². The molecule has 0 aromatic heterocycles. The second-order valence-corrected chi connectivity index (χ2v) is 7.16. The number of hydrogen-bond donors (Lipinski definition) is 0. The summed E-state index contributed by atoms with van der Waals surface area (Å²) in [7, 11) is 4.52. The van der Waals surface area contributed by atoms with E-state index in [4.69, 9.17) is 18.9 Å². The van der Waals surface area contributed by atoms with E-state index in [0.29, 0.717) is 28.4 Å². The lowest BCUT2D eigenvalue weighted by Gasteiger charge is -2.10. The van der Waals surface area contributed by atoms with Gasteiger partial charge in [0.05, 0.1) is 26.9 Å². The van der Waals surface area contributed by atoms with E-state index in [0.717, 1.165) is 16.6 Å². The van der Waals surface area contributed by atoms with Gasteiger partial charge in [0.2, 0.25) is 0 Å². The fourth-order valence-electron chi connectivity index (χ4n) is 2.93. The van der Waals surface area contributed by atoms with E-state index >= 15 is 0 Å². The molecule has 3 aromatic carbocycles. The van der Waals surface area contributed by atoms with Crippen molar-refractivity contribution in [1.29, 1.82) is 0 Å². The first-order valence-electron chi connectivity index (χ1n) is 9.52. The molecule has 5 nitrogen and oxygen atoms in total. The van der Waals surface area contributed by atoms with Crippen LogP contribution in [0.3, 0.4) is 0 Å². The third-order valence-corrected chi connectivity index (χ3v) is 5.22. The summed E-state index contributed by atoms with van der Waals surface area (Å²) in [6, 6.07) is 20.5. The molecule has 0 amide bonds. The summed E-state index contributed by atoms with van der Waals surface area (Å²) in [6.45, 7) is 0. The number of alkyl halides is 1. The molecular weight excluding hydrogens is 460 g/mol. The van der Waals surface area contributed by atoms with Crippen molar-refractivity contribution in [3.8, 4) is 23.0 Å². The van der Waals surface area contributed by atoms with Gasteiger partial charge in [-0.05, 0) is 59.2 Å². The molecule has 6 heteroatoms. The van der Waals surface area contributed by atoms with E-state index in [9.17, 15) is 4.79 Å². The number of benzene rings is 3. The van der Waals surface area contributed by atoms with Gasteiger partial charge >= 0.3 is 5.97 Å². The zero-order valence-electron chi connectivity index (χ0n) is 17.6. The van der Waals surface area contributed by atoms with E-state index in [1.54, 1.807) is 26.4 Å². The van der Waals surface area contributed by atoms with Crippen LogP contribution in [0, 0.1) is 0 Å². The molecule has 3 aromatic rings. The highest BCUT2D eigenvalue weighted by Crippen LogP contribution is 2.29. The average Bonchev–Trinajstić information content (AvgIpc) is 2.82. The Morgan fingerprint density at radius 2 is 1.35 bits per heavy atom. The van der Waals surface area contributed by atoms with Crippen LogP contribution < -0.4 is 14.2 Å². The van der Waals surface area contributed by atoms with Crippen molar-refractivity contribution in [2.75, 3.05) is 21.3 Å². The standard InChI is InChI=1S/C25H23BrO5/c1-28-22-12-18(13-23(15-22)29-2)14-24(25(27)30-3)19-6-10-21(11-7-19)31-20-8-4-17(16-26)5-9-20/h4-15H,16H2,1-3H3/b24-14-. The molecule has 0 spiro atoms. The number of hydrogen-bond acceptors (Lipinski definition) is 5. The number of carbonyl (C=O) groups is 1. The van der Waals surface area contributed by atoms with Crippen molar-refractivity contribution in [3.63, 3.8) is 0 Å². The maximum Gasteiger partial charge on any atom is 0.338 e. The first kappa shape index (κ1) is 22.4. The van der Waals surface area contributed by atoms with Gasteiger partial charge in [-0.3, -0.25) is 0 Å². The van der Waals surface area contributed by atoms with Crippen LogP contribution in [0.25, 0.3) is 11.6 Å². The predicted octanol–water partition coefficient (Wildman–Crippen LogP) is 6.10. The molecule has 0 saturated heterocycles. The topological polar surface area (TPSA) is 54.0 Å². The Labute approximate surface area is 190 Å². The van der Waals surface area contributed by atoms with Crippen LogP contribution in [0.2, 0.25) is 0 Å². The summed E-state index contributed by atoms with van der Waals surface area (Å²) >= 11 is 3.43. The summed E-state index contributed by atoms with van der Waals surface area (Å²) in [5, 5.41) is 0.795. The second-order valence-electron chi connectivity index (χ2n) is 6.60. The van der Waals surface area contributed by atoms with Gasteiger partial charge in [-0.1, -0.05) is 40.2 Å². The third-order valence-electron chi connectivity index (χ3n) is 4.57. The molecule has 0 unspecified atom stereocenters. The largest absolute Gasteiger partial charge is 0.497 e. The maximum absolute atomic E-state index is 12.5. The molecule has 0 bridgehead atoms. The molecule has 0 saturated carbocycles. The fraction of sp³-hybridized carbons (Fsp3) is 0.160. The summed E-state index contributed by atoms with van der Waals surface area (Å²) < 4.78 is 21.5. The number of carbonyl (C=O) groups excluding carboxylic acids is 1. The van der Waals surface area contributed by atoms with Crippen LogP contribution in [0.15, 0.2) is 66.7 Å². The molecule has 0 aliphatic carbocycles. The molecule has 0 aliphatic rings. The van der Waals surface area contributed by atoms with Gasteiger partial charge in [-0.25, -0.2) is 4.79 Å². The Bertz CT molecular complexity index is 1030. The summed E-state index contributed by atoms with van der Waals surface area (Å²) in [4.78, 5) is 12.5. The van der Waals surface area contributed by atoms with E-state index in [2.05, 4.69) is 15.9 Å². The minimum Gasteiger partial charge on any atom is -0.497 e. The van der Waals surface area contributed by atoms with Gasteiger partial charge in [0.25, 0.3) is 0 Å². The average molecular weight is 483 g/mol. The van der Waals surface area contributed by atoms with Crippen molar-refractivity contribution in [1.82, 2.24) is 0 Å². The van der Waals surface area contributed by atoms with Crippen molar-refractivity contribution in [3.05, 3.63) is 83.4 Å². The Morgan fingerprint density at radius 3 is 1.84 bits per heavy atom. The number of rotatable bonds is 8. The first-order valence-corrected chi connectivity index (χ1v) is 10.6. The second kappa shape index (κ2) is 10.7. The van der Waals surface area contributed by atoms with Gasteiger partial charge in [0.1, 0.15) is 23.0 Å². The van der Waals surface area contributed by atoms with Crippen LogP contribution in [-0.4, -0.2) is 27.3 Å². The molecule has 0 aliphatic heterocycles. The highest BCUT2D eigenvalue weighted by atomic mass is 79.9. The number of methoxy groups -OCH3 is 3. The third kappa shape index (κ3) is 5.89. The zero-order chi connectivity index (χ0) is 22.2. The zero-order valence-corrected chi connectivity index (χ0v) is 19.1. The molecule has 0 heterocycles. The lowest BCUT2D eigenvalue weighted by atomic mass is 10.0. The minimum atomic E-state index is -0.444. The smallest absolute Gasteiger partial charge is 0.338 e. The van der Waals surface area contributed by atoms with Crippen molar-refractivity contribution < 1.29 is 23.7 Å². The number of esters is 1. The van der Waals surface area contributed by atoms with Gasteiger partial charge < -0.3 is 18.9 Å². The molecule has 0 N–H and O–H groups in total. The van der Waals surface area contributed by atoms with Crippen LogP contribution in [0.4, 0.5) is 0 Å². The van der Waals surface area contributed by atoms with Crippen LogP contribution in [-0.2, 0) is 14.9 Å². The SMILES string of the molecule is COC(=O)/C(=C\c1cc(OC)cc(OC)c1)c1ccc(Oc2ccc(CBr)cc2)cc1. The Morgan fingerprint density at radius 1 is 0.806 bits per heavy atom. The predicted molar refractivity (Wildman–Crippen MR) is 125 cm³/mol. The summed E-state index contributed by atoms with van der Waals surface area (Å²) in [5.74, 6) is 2.22. The van der Waals surface area contributed by atoms with E-state index in [1.165, 1.54) is 12.7 Å². The van der Waals surface area contributed by atoms with Crippen molar-refractivity contribution in [2.45, 2.75) is 5.33 Å². The van der Waals surface area contributed by atoms with E-state index in [-0.39, 0.29) is 0 Å². The Balaban J connectivity index is 1.89. The lowest BCUT2D eigenvalue weighted by Crippen LogP contribution is -2.04.